The predicted octanol–water partition coefficient (Wildman–Crippen LogP) is 4.75. The van der Waals surface area contributed by atoms with Crippen LogP contribution in [-0.2, 0) is 4.79 Å². The van der Waals surface area contributed by atoms with Crippen LogP contribution in [0.1, 0.15) is 44.1 Å². The van der Waals surface area contributed by atoms with E-state index in [2.05, 4.69) is 6.07 Å². The lowest BCUT2D eigenvalue weighted by Gasteiger charge is -2.25. The van der Waals surface area contributed by atoms with Crippen LogP contribution in [0.3, 0.4) is 0 Å². The maximum Gasteiger partial charge on any atom is 0.160 e. The molecule has 4 heteroatoms. The van der Waals surface area contributed by atoms with Crippen molar-refractivity contribution in [2.75, 3.05) is 0 Å². The average molecular weight is 296 g/mol. The van der Waals surface area contributed by atoms with E-state index in [0.29, 0.717) is 15.6 Å². The van der Waals surface area contributed by atoms with Gasteiger partial charge in [-0.2, -0.15) is 5.26 Å². The molecule has 2 nitrogen and oxygen atoms in total. The highest BCUT2D eigenvalue weighted by Gasteiger charge is 2.41. The first-order chi connectivity index (χ1) is 8.98. The highest BCUT2D eigenvalue weighted by atomic mass is 35.5. The predicted molar refractivity (Wildman–Crippen MR) is 76.4 cm³/mol. The Kier molecular flexibility index (Phi) is 4.18. The number of carbonyl (C=O) groups is 1. The number of ketones is 1. The van der Waals surface area contributed by atoms with Gasteiger partial charge in [-0.3, -0.25) is 4.79 Å². The Morgan fingerprint density at radius 3 is 2.53 bits per heavy atom. The van der Waals surface area contributed by atoms with Crippen LogP contribution in [0, 0.1) is 16.7 Å². The van der Waals surface area contributed by atoms with Crippen LogP contribution in [0.25, 0.3) is 0 Å². The van der Waals surface area contributed by atoms with Crippen molar-refractivity contribution in [1.82, 2.24) is 0 Å². The number of hydrogen-bond donors (Lipinski definition) is 0. The highest BCUT2D eigenvalue weighted by Crippen LogP contribution is 2.43. The summed E-state index contributed by atoms with van der Waals surface area (Å²) in [6, 6.07) is 7.02. The molecule has 0 bridgehead atoms. The van der Waals surface area contributed by atoms with E-state index in [1.54, 1.807) is 18.2 Å². The molecule has 1 aromatic carbocycles. The number of nitrogens with zero attached hydrogens (tertiary/aromatic N) is 1. The molecule has 0 aliphatic heterocycles. The lowest BCUT2D eigenvalue weighted by Crippen LogP contribution is -2.29. The summed E-state index contributed by atoms with van der Waals surface area (Å²) in [5, 5.41) is 10.2. The van der Waals surface area contributed by atoms with Crippen LogP contribution in [0.2, 0.25) is 10.0 Å². The second-order valence-electron chi connectivity index (χ2n) is 5.36. The van der Waals surface area contributed by atoms with Gasteiger partial charge in [0, 0.05) is 15.5 Å². The molecule has 1 aliphatic rings. The molecule has 1 fully saturated rings. The second kappa shape index (κ2) is 5.53. The zero-order valence-electron chi connectivity index (χ0n) is 10.7. The molecule has 0 radical (unpaired) electrons. The minimum Gasteiger partial charge on any atom is -0.297 e. The molecule has 19 heavy (non-hydrogen) atoms. The van der Waals surface area contributed by atoms with Crippen LogP contribution < -0.4 is 0 Å². The number of hydrogen-bond acceptors (Lipinski definition) is 2. The van der Waals surface area contributed by atoms with E-state index in [1.807, 2.05) is 6.92 Å². The zero-order valence-corrected chi connectivity index (χ0v) is 12.3. The molecule has 0 amide bonds. The van der Waals surface area contributed by atoms with Crippen molar-refractivity contribution in [3.63, 3.8) is 0 Å². The summed E-state index contributed by atoms with van der Waals surface area (Å²) in [7, 11) is 0. The summed E-state index contributed by atoms with van der Waals surface area (Å²) in [4.78, 5) is 12.6. The van der Waals surface area contributed by atoms with Crippen LogP contribution in [0.15, 0.2) is 18.2 Å². The van der Waals surface area contributed by atoms with E-state index in [9.17, 15) is 10.1 Å². The molecule has 1 aromatic rings. The molecular formula is C15H15Cl2NO. The van der Waals surface area contributed by atoms with Crippen molar-refractivity contribution in [2.45, 2.75) is 38.5 Å². The molecule has 0 spiro atoms. The number of halogens is 2. The van der Waals surface area contributed by atoms with Gasteiger partial charge in [-0.15, -0.1) is 0 Å². The first-order valence-electron chi connectivity index (χ1n) is 6.37. The number of nitriles is 1. The Bertz CT molecular complexity index is 542. The van der Waals surface area contributed by atoms with Gasteiger partial charge >= 0.3 is 0 Å². The van der Waals surface area contributed by atoms with Gasteiger partial charge in [-0.25, -0.2) is 0 Å². The third kappa shape index (κ3) is 2.78. The molecule has 1 atom stereocenters. The number of carbonyl (C=O) groups excluding carboxylic acids is 1. The fourth-order valence-corrected chi connectivity index (χ4v) is 3.27. The highest BCUT2D eigenvalue weighted by molar-refractivity contribution is 6.35. The summed E-state index contributed by atoms with van der Waals surface area (Å²) in [5.41, 5.74) is 0.176. The van der Waals surface area contributed by atoms with Crippen molar-refractivity contribution in [3.05, 3.63) is 33.8 Å². The minimum absolute atomic E-state index is 0.0169. The van der Waals surface area contributed by atoms with Gasteiger partial charge in [0.25, 0.3) is 0 Å². The quantitative estimate of drug-likeness (QED) is 0.807. The van der Waals surface area contributed by atoms with Crippen molar-refractivity contribution in [3.8, 4) is 6.07 Å². The first kappa shape index (κ1) is 14.4. The molecule has 1 aliphatic carbocycles. The summed E-state index contributed by atoms with van der Waals surface area (Å²) in [6.45, 7) is 1.95. The van der Waals surface area contributed by atoms with Gasteiger partial charge in [0.15, 0.2) is 5.78 Å². The Hall–Kier alpha value is -1.04. The summed E-state index contributed by atoms with van der Waals surface area (Å²) in [6.07, 6.45) is 3.81. The molecule has 0 heterocycles. The minimum atomic E-state index is -0.798. The first-order valence-corrected chi connectivity index (χ1v) is 7.12. The van der Waals surface area contributed by atoms with Crippen molar-refractivity contribution < 1.29 is 4.79 Å². The number of Topliss-reactive ketones (excluding diaryl/α,β-unsaturated/α-hetero) is 1. The van der Waals surface area contributed by atoms with Gasteiger partial charge in [0.1, 0.15) is 5.92 Å². The van der Waals surface area contributed by atoms with E-state index in [-0.39, 0.29) is 11.2 Å². The summed E-state index contributed by atoms with van der Waals surface area (Å²) < 4.78 is 0. The van der Waals surface area contributed by atoms with Gasteiger partial charge < -0.3 is 0 Å². The van der Waals surface area contributed by atoms with Crippen LogP contribution >= 0.6 is 23.2 Å². The molecule has 100 valence electrons. The van der Waals surface area contributed by atoms with Crippen LogP contribution in [0.5, 0.6) is 0 Å². The number of rotatable bonds is 3. The normalized spacial score (nSPS) is 18.8. The fourth-order valence-electron chi connectivity index (χ4n) is 2.76. The summed E-state index contributed by atoms with van der Waals surface area (Å²) >= 11 is 12.0. The lowest BCUT2D eigenvalue weighted by molar-refractivity contribution is -0.128. The van der Waals surface area contributed by atoms with Crippen LogP contribution in [0.4, 0.5) is 0 Å². The Morgan fingerprint density at radius 2 is 2.00 bits per heavy atom. The standard InChI is InChI=1S/C15H15Cl2NO/c1-15(6-2-3-7-15)14(19)12(9-18)11-5-4-10(16)8-13(11)17/h4-5,8,12H,2-3,6-7H2,1H3. The van der Waals surface area contributed by atoms with E-state index < -0.39 is 5.92 Å². The molecule has 2 rings (SSSR count). The zero-order chi connectivity index (χ0) is 14.0. The van der Waals surface area contributed by atoms with E-state index in [1.165, 1.54) is 0 Å². The average Bonchev–Trinajstić information content (AvgIpc) is 2.81. The van der Waals surface area contributed by atoms with Crippen molar-refractivity contribution >= 4 is 29.0 Å². The molecule has 0 N–H and O–H groups in total. The van der Waals surface area contributed by atoms with Crippen molar-refractivity contribution in [2.24, 2.45) is 5.41 Å². The Labute approximate surface area is 123 Å². The van der Waals surface area contributed by atoms with E-state index >= 15 is 0 Å². The third-order valence-corrected chi connectivity index (χ3v) is 4.53. The number of benzene rings is 1. The Balaban J connectivity index is 2.35. The molecule has 0 aromatic heterocycles. The van der Waals surface area contributed by atoms with E-state index in [4.69, 9.17) is 23.2 Å². The molecule has 0 saturated heterocycles. The molecular weight excluding hydrogens is 281 g/mol. The Morgan fingerprint density at radius 1 is 1.37 bits per heavy atom. The maximum absolute atomic E-state index is 12.6. The topological polar surface area (TPSA) is 40.9 Å². The van der Waals surface area contributed by atoms with Gasteiger partial charge in [-0.1, -0.05) is 49.0 Å². The van der Waals surface area contributed by atoms with E-state index in [0.717, 1.165) is 25.7 Å². The monoisotopic (exact) mass is 295 g/mol. The maximum atomic E-state index is 12.6. The molecule has 1 unspecified atom stereocenters. The summed E-state index contributed by atoms with van der Waals surface area (Å²) in [5.74, 6) is -0.815. The SMILES string of the molecule is CC1(C(=O)C(C#N)c2ccc(Cl)cc2Cl)CCCC1. The van der Waals surface area contributed by atoms with Gasteiger partial charge in [0.05, 0.1) is 6.07 Å². The van der Waals surface area contributed by atoms with Gasteiger partial charge in [0.2, 0.25) is 0 Å². The lowest BCUT2D eigenvalue weighted by atomic mass is 9.76. The third-order valence-electron chi connectivity index (χ3n) is 3.97. The molecule has 1 saturated carbocycles. The van der Waals surface area contributed by atoms with Gasteiger partial charge in [-0.05, 0) is 30.5 Å². The fraction of sp³-hybridized carbons (Fsp3) is 0.467. The van der Waals surface area contributed by atoms with Crippen LogP contribution in [-0.4, -0.2) is 5.78 Å². The second-order valence-corrected chi connectivity index (χ2v) is 6.20. The smallest absolute Gasteiger partial charge is 0.160 e. The van der Waals surface area contributed by atoms with Crippen molar-refractivity contribution in [1.29, 1.82) is 5.26 Å². The largest absolute Gasteiger partial charge is 0.297 e.